The molecule has 0 aliphatic heterocycles. The topological polar surface area (TPSA) is 14.8 Å². The molecule has 0 radical (unpaired) electrons. The van der Waals surface area contributed by atoms with Crippen molar-refractivity contribution in [3.05, 3.63) is 146 Å². The summed E-state index contributed by atoms with van der Waals surface area (Å²) >= 11 is 0. The monoisotopic (exact) mass is 637 g/mol. The van der Waals surface area contributed by atoms with Crippen LogP contribution in [0.5, 0.6) is 0 Å². The quantitative estimate of drug-likeness (QED) is 0.127. The van der Waals surface area contributed by atoms with Crippen molar-refractivity contribution >= 4 is 65.4 Å². The number of aryl methyl sites for hydroxylation is 3. The Kier molecular flexibility index (Phi) is 7.89. The van der Waals surface area contributed by atoms with Crippen LogP contribution in [0.1, 0.15) is 38.5 Å². The Hall–Kier alpha value is -5.28. The fourth-order valence-electron chi connectivity index (χ4n) is 8.78. The first-order valence-corrected chi connectivity index (χ1v) is 18.2. The summed E-state index contributed by atoms with van der Waals surface area (Å²) in [6.45, 7) is 3.18. The minimum atomic E-state index is 0.689. The van der Waals surface area contributed by atoms with Crippen LogP contribution in [0.25, 0.3) is 65.4 Å². The molecule has 0 spiro atoms. The molecule has 0 fully saturated rings. The van der Waals surface area contributed by atoms with Crippen molar-refractivity contribution < 1.29 is 0 Å². The van der Waals surface area contributed by atoms with Gasteiger partial charge in [0, 0.05) is 85.1 Å². The molecule has 49 heavy (non-hydrogen) atoms. The predicted molar refractivity (Wildman–Crippen MR) is 210 cm³/mol. The highest BCUT2D eigenvalue weighted by Gasteiger charge is 2.16. The molecule has 0 aliphatic rings. The number of para-hydroxylation sites is 6. The normalized spacial score (nSPS) is 12.2. The maximum atomic E-state index is 2.57. The molecule has 6 aromatic carbocycles. The molecule has 3 heteroatoms. The average Bonchev–Trinajstić information content (AvgIpc) is 3.78. The van der Waals surface area contributed by atoms with E-state index in [9.17, 15) is 0 Å². The van der Waals surface area contributed by atoms with Gasteiger partial charge in [-0.25, -0.2) is 0 Å². The van der Waals surface area contributed by atoms with Gasteiger partial charge < -0.3 is 13.7 Å². The van der Waals surface area contributed by atoms with E-state index >= 15 is 0 Å². The molecule has 0 saturated heterocycles. The zero-order valence-corrected chi connectivity index (χ0v) is 28.1. The summed E-state index contributed by atoms with van der Waals surface area (Å²) in [6, 6.07) is 53.6. The summed E-state index contributed by atoms with van der Waals surface area (Å²) in [5.41, 5.74) is 8.16. The highest BCUT2D eigenvalue weighted by molar-refractivity contribution is 6.09. The summed E-state index contributed by atoms with van der Waals surface area (Å²) in [5.74, 6) is 0.689. The first-order chi connectivity index (χ1) is 24.3. The van der Waals surface area contributed by atoms with E-state index in [0.717, 1.165) is 19.6 Å². The third-order valence-electron chi connectivity index (χ3n) is 11.0. The summed E-state index contributed by atoms with van der Waals surface area (Å²) in [6.07, 6.45) is 7.33. The predicted octanol–water partition coefficient (Wildman–Crippen LogP) is 12.4. The highest BCUT2D eigenvalue weighted by Crippen LogP contribution is 2.33. The van der Waals surface area contributed by atoms with Crippen molar-refractivity contribution in [2.24, 2.45) is 5.92 Å². The van der Waals surface area contributed by atoms with Crippen LogP contribution in [0.3, 0.4) is 0 Å². The van der Waals surface area contributed by atoms with E-state index in [1.807, 2.05) is 0 Å². The van der Waals surface area contributed by atoms with Crippen molar-refractivity contribution in [2.45, 2.75) is 58.2 Å². The second-order valence-electron chi connectivity index (χ2n) is 13.9. The Morgan fingerprint density at radius 1 is 0.286 bits per heavy atom. The molecule has 242 valence electrons. The molecule has 0 aliphatic carbocycles. The number of rotatable bonds is 12. The maximum absolute atomic E-state index is 2.57. The largest absolute Gasteiger partial charge is 0.340 e. The Bertz CT molecular complexity index is 2110. The molecule has 3 aromatic heterocycles. The minimum absolute atomic E-state index is 0.689. The van der Waals surface area contributed by atoms with Crippen molar-refractivity contribution in [1.29, 1.82) is 0 Å². The van der Waals surface area contributed by atoms with Gasteiger partial charge in [0.15, 0.2) is 0 Å². The van der Waals surface area contributed by atoms with Gasteiger partial charge in [0.2, 0.25) is 0 Å². The molecule has 3 heterocycles. The number of benzene rings is 6. The van der Waals surface area contributed by atoms with Gasteiger partial charge in [-0.15, -0.1) is 0 Å². The highest BCUT2D eigenvalue weighted by atomic mass is 15.0. The second kappa shape index (κ2) is 13.0. The first-order valence-electron chi connectivity index (χ1n) is 18.2. The van der Waals surface area contributed by atoms with E-state index < -0.39 is 0 Å². The van der Waals surface area contributed by atoms with Crippen LogP contribution in [0, 0.1) is 5.92 Å². The standard InChI is InChI=1S/C46H43N3/c1-7-25-41-35(19-1)36-20-2-8-26-42(36)47(41)31-13-16-34(17-14-32-48-43-27-9-3-21-37(43)38-22-4-10-28-44(38)48)18-15-33-49-45-29-11-5-23-39(45)40-24-6-12-30-46(40)49/h1-12,19-30,34H,13-18,31-33H2. The van der Waals surface area contributed by atoms with Crippen LogP contribution in [-0.2, 0) is 19.6 Å². The SMILES string of the molecule is c1ccc2c(c1)c1ccccc1n2CCCC(CCCn1c2ccccc2c2ccccc21)CCCn1c2ccccc2c2ccccc21. The van der Waals surface area contributed by atoms with Gasteiger partial charge in [0.25, 0.3) is 0 Å². The summed E-state index contributed by atoms with van der Waals surface area (Å²) < 4.78 is 7.70. The first kappa shape index (κ1) is 29.8. The number of nitrogens with zero attached hydrogens (tertiary/aromatic N) is 3. The Morgan fingerprint density at radius 3 is 0.714 bits per heavy atom. The van der Waals surface area contributed by atoms with E-state index in [4.69, 9.17) is 0 Å². The van der Waals surface area contributed by atoms with Gasteiger partial charge in [-0.2, -0.15) is 0 Å². The van der Waals surface area contributed by atoms with E-state index in [1.54, 1.807) is 0 Å². The van der Waals surface area contributed by atoms with Gasteiger partial charge in [-0.05, 0) is 80.8 Å². The molecule has 0 saturated carbocycles. The lowest BCUT2D eigenvalue weighted by Gasteiger charge is -2.19. The van der Waals surface area contributed by atoms with E-state index in [0.29, 0.717) is 5.92 Å². The molecule has 0 bridgehead atoms. The molecule has 3 nitrogen and oxygen atoms in total. The molecule has 0 atom stereocenters. The zero-order valence-electron chi connectivity index (χ0n) is 28.1. The van der Waals surface area contributed by atoms with Gasteiger partial charge in [-0.1, -0.05) is 109 Å². The van der Waals surface area contributed by atoms with E-state index in [2.05, 4.69) is 159 Å². The zero-order chi connectivity index (χ0) is 32.6. The minimum Gasteiger partial charge on any atom is -0.340 e. The second-order valence-corrected chi connectivity index (χ2v) is 13.9. The lowest BCUT2D eigenvalue weighted by Crippen LogP contribution is -2.08. The van der Waals surface area contributed by atoms with Crippen LogP contribution in [0.15, 0.2) is 146 Å². The number of aromatic nitrogens is 3. The van der Waals surface area contributed by atoms with Gasteiger partial charge in [0.05, 0.1) is 0 Å². The van der Waals surface area contributed by atoms with Gasteiger partial charge in [-0.3, -0.25) is 0 Å². The number of hydrogen-bond acceptors (Lipinski definition) is 0. The molecular formula is C46H43N3. The molecule has 0 amide bonds. The third-order valence-corrected chi connectivity index (χ3v) is 11.0. The number of hydrogen-bond donors (Lipinski definition) is 0. The van der Waals surface area contributed by atoms with Crippen molar-refractivity contribution in [3.63, 3.8) is 0 Å². The summed E-state index contributed by atoms with van der Waals surface area (Å²) in [4.78, 5) is 0. The smallest absolute Gasteiger partial charge is 0.0491 e. The van der Waals surface area contributed by atoms with Crippen LogP contribution in [-0.4, -0.2) is 13.7 Å². The lowest BCUT2D eigenvalue weighted by molar-refractivity contribution is 0.364. The van der Waals surface area contributed by atoms with Crippen LogP contribution >= 0.6 is 0 Å². The number of fused-ring (bicyclic) bond motifs is 9. The fourth-order valence-corrected chi connectivity index (χ4v) is 8.78. The van der Waals surface area contributed by atoms with Crippen molar-refractivity contribution in [2.75, 3.05) is 0 Å². The van der Waals surface area contributed by atoms with Crippen molar-refractivity contribution in [1.82, 2.24) is 13.7 Å². The fraction of sp³-hybridized carbons (Fsp3) is 0.217. The summed E-state index contributed by atoms with van der Waals surface area (Å²) in [7, 11) is 0. The van der Waals surface area contributed by atoms with Crippen molar-refractivity contribution in [3.8, 4) is 0 Å². The molecule has 0 unspecified atom stereocenters. The van der Waals surface area contributed by atoms with E-state index in [1.165, 1.54) is 104 Å². The summed E-state index contributed by atoms with van der Waals surface area (Å²) in [5, 5.41) is 8.21. The van der Waals surface area contributed by atoms with Crippen LogP contribution < -0.4 is 0 Å². The van der Waals surface area contributed by atoms with Crippen LogP contribution in [0.4, 0.5) is 0 Å². The Balaban J connectivity index is 0.954. The molecule has 9 rings (SSSR count). The van der Waals surface area contributed by atoms with E-state index in [-0.39, 0.29) is 0 Å². The Labute approximate surface area is 288 Å². The van der Waals surface area contributed by atoms with Gasteiger partial charge >= 0.3 is 0 Å². The van der Waals surface area contributed by atoms with Crippen LogP contribution in [0.2, 0.25) is 0 Å². The van der Waals surface area contributed by atoms with Gasteiger partial charge in [0.1, 0.15) is 0 Å². The Morgan fingerprint density at radius 2 is 0.490 bits per heavy atom. The lowest BCUT2D eigenvalue weighted by atomic mass is 9.92. The molecular weight excluding hydrogens is 595 g/mol. The molecule has 9 aromatic rings. The third kappa shape index (κ3) is 5.38. The average molecular weight is 638 g/mol. The maximum Gasteiger partial charge on any atom is 0.0491 e. The molecule has 0 N–H and O–H groups in total.